The maximum Gasteiger partial charge on any atom is 0.240 e. The van der Waals surface area contributed by atoms with Crippen LogP contribution in [0.2, 0.25) is 0 Å². The van der Waals surface area contributed by atoms with E-state index in [0.29, 0.717) is 6.54 Å². The van der Waals surface area contributed by atoms with Gasteiger partial charge in [-0.3, -0.25) is 9.69 Å². The van der Waals surface area contributed by atoms with Gasteiger partial charge in [-0.1, -0.05) is 48.5 Å². The summed E-state index contributed by atoms with van der Waals surface area (Å²) in [5.74, 6) is -0.00248. The van der Waals surface area contributed by atoms with Gasteiger partial charge in [0.2, 0.25) is 15.9 Å². The molecule has 2 aromatic carbocycles. The number of hydrogen-bond acceptors (Lipinski definition) is 4. The van der Waals surface area contributed by atoms with Crippen molar-refractivity contribution in [3.05, 3.63) is 66.2 Å². The van der Waals surface area contributed by atoms with E-state index < -0.39 is 10.0 Å². The van der Waals surface area contributed by atoms with Crippen LogP contribution in [0.4, 0.5) is 0 Å². The summed E-state index contributed by atoms with van der Waals surface area (Å²) in [6.45, 7) is 4.18. The van der Waals surface area contributed by atoms with Crippen molar-refractivity contribution < 1.29 is 13.2 Å². The predicted octanol–water partition coefficient (Wildman–Crippen LogP) is 2.09. The van der Waals surface area contributed by atoms with E-state index in [-0.39, 0.29) is 23.8 Å². The van der Waals surface area contributed by atoms with Crippen LogP contribution in [0.5, 0.6) is 0 Å². The number of carbonyl (C=O) groups is 1. The highest BCUT2D eigenvalue weighted by molar-refractivity contribution is 7.89. The van der Waals surface area contributed by atoms with E-state index in [4.69, 9.17) is 0 Å². The van der Waals surface area contributed by atoms with E-state index in [2.05, 4.69) is 21.8 Å². The van der Waals surface area contributed by atoms with Gasteiger partial charge in [-0.05, 0) is 24.1 Å². The lowest BCUT2D eigenvalue weighted by Gasteiger charge is -2.22. The lowest BCUT2D eigenvalue weighted by Crippen LogP contribution is -2.37. The Balaban J connectivity index is 1.45. The molecule has 0 atom stereocenters. The van der Waals surface area contributed by atoms with Crippen molar-refractivity contribution in [1.82, 2.24) is 14.5 Å². The van der Waals surface area contributed by atoms with Crippen molar-refractivity contribution in [2.24, 2.45) is 0 Å². The van der Waals surface area contributed by atoms with Gasteiger partial charge in [0, 0.05) is 45.7 Å². The summed E-state index contributed by atoms with van der Waals surface area (Å²) in [5.41, 5.74) is 1.28. The molecule has 1 saturated heterocycles. The standard InChI is InChI=1S/C21H27N3O3S/c25-21(12-13-22-28(26,27)20-10-5-2-6-11-20)24-15-7-14-23(16-17-24)18-19-8-3-1-4-9-19/h1-6,8-11,22H,7,12-18H2. The zero-order chi connectivity index (χ0) is 19.8. The van der Waals surface area contributed by atoms with Gasteiger partial charge < -0.3 is 4.90 Å². The quantitative estimate of drug-likeness (QED) is 0.771. The Hall–Kier alpha value is -2.22. The second-order valence-electron chi connectivity index (χ2n) is 6.96. The maximum absolute atomic E-state index is 12.5. The van der Waals surface area contributed by atoms with Gasteiger partial charge in [0.05, 0.1) is 4.90 Å². The van der Waals surface area contributed by atoms with E-state index in [1.165, 1.54) is 5.56 Å². The molecule has 1 heterocycles. The van der Waals surface area contributed by atoms with E-state index >= 15 is 0 Å². The fourth-order valence-corrected chi connectivity index (χ4v) is 4.41. The molecule has 0 bridgehead atoms. The van der Waals surface area contributed by atoms with Gasteiger partial charge in [-0.25, -0.2) is 13.1 Å². The van der Waals surface area contributed by atoms with Crippen molar-refractivity contribution >= 4 is 15.9 Å². The summed E-state index contributed by atoms with van der Waals surface area (Å²) >= 11 is 0. The molecule has 0 aromatic heterocycles. The Bertz CT molecular complexity index is 857. The number of sulfonamides is 1. The molecule has 0 saturated carbocycles. The van der Waals surface area contributed by atoms with Crippen molar-refractivity contribution in [3.63, 3.8) is 0 Å². The number of carbonyl (C=O) groups excluding carboxylic acids is 1. The lowest BCUT2D eigenvalue weighted by molar-refractivity contribution is -0.130. The minimum Gasteiger partial charge on any atom is -0.341 e. The Kier molecular flexibility index (Phi) is 7.19. The Morgan fingerprint density at radius 3 is 2.29 bits per heavy atom. The average Bonchev–Trinajstić information content (AvgIpc) is 2.95. The van der Waals surface area contributed by atoms with Crippen LogP contribution < -0.4 is 4.72 Å². The summed E-state index contributed by atoms with van der Waals surface area (Å²) in [5, 5.41) is 0. The number of benzene rings is 2. The van der Waals surface area contributed by atoms with Gasteiger partial charge in [-0.15, -0.1) is 0 Å². The van der Waals surface area contributed by atoms with Crippen LogP contribution in [0.15, 0.2) is 65.6 Å². The first-order valence-electron chi connectivity index (χ1n) is 9.63. The zero-order valence-corrected chi connectivity index (χ0v) is 16.8. The van der Waals surface area contributed by atoms with Crippen molar-refractivity contribution in [3.8, 4) is 0 Å². The molecule has 28 heavy (non-hydrogen) atoms. The van der Waals surface area contributed by atoms with Gasteiger partial charge in [0.15, 0.2) is 0 Å². The molecule has 1 fully saturated rings. The number of rotatable bonds is 7. The maximum atomic E-state index is 12.5. The van der Waals surface area contributed by atoms with E-state index in [0.717, 1.165) is 32.6 Å². The highest BCUT2D eigenvalue weighted by atomic mass is 32.2. The van der Waals surface area contributed by atoms with E-state index in [1.54, 1.807) is 30.3 Å². The van der Waals surface area contributed by atoms with Crippen LogP contribution in [-0.2, 0) is 21.4 Å². The molecule has 6 nitrogen and oxygen atoms in total. The highest BCUT2D eigenvalue weighted by Crippen LogP contribution is 2.10. The topological polar surface area (TPSA) is 69.7 Å². The summed E-state index contributed by atoms with van der Waals surface area (Å²) < 4.78 is 27.0. The third-order valence-corrected chi connectivity index (χ3v) is 6.35. The molecule has 0 unspecified atom stereocenters. The van der Waals surface area contributed by atoms with Crippen LogP contribution in [0, 0.1) is 0 Å². The number of nitrogens with zero attached hydrogens (tertiary/aromatic N) is 2. The Labute approximate surface area is 167 Å². The second kappa shape index (κ2) is 9.82. The minimum atomic E-state index is -3.57. The Morgan fingerprint density at radius 2 is 1.57 bits per heavy atom. The molecule has 1 aliphatic rings. The van der Waals surface area contributed by atoms with Crippen LogP contribution in [0.3, 0.4) is 0 Å². The Morgan fingerprint density at radius 1 is 0.893 bits per heavy atom. The second-order valence-corrected chi connectivity index (χ2v) is 8.72. The molecule has 0 radical (unpaired) electrons. The van der Waals surface area contributed by atoms with Crippen molar-refractivity contribution in [2.75, 3.05) is 32.7 Å². The largest absolute Gasteiger partial charge is 0.341 e. The first kappa shape index (κ1) is 20.5. The van der Waals surface area contributed by atoms with Crippen LogP contribution in [0.25, 0.3) is 0 Å². The SMILES string of the molecule is O=C(CCNS(=O)(=O)c1ccccc1)N1CCCN(Cc2ccccc2)CC1. The highest BCUT2D eigenvalue weighted by Gasteiger charge is 2.20. The molecule has 150 valence electrons. The number of hydrogen-bond donors (Lipinski definition) is 1. The summed E-state index contributed by atoms with van der Waals surface area (Å²) in [6.07, 6.45) is 1.10. The molecule has 1 amide bonds. The fourth-order valence-electron chi connectivity index (χ4n) is 3.35. The lowest BCUT2D eigenvalue weighted by atomic mass is 10.2. The molecule has 2 aromatic rings. The minimum absolute atomic E-state index is 0.00248. The van der Waals surface area contributed by atoms with E-state index in [9.17, 15) is 13.2 Å². The normalized spacial score (nSPS) is 15.9. The van der Waals surface area contributed by atoms with E-state index in [1.807, 2.05) is 23.1 Å². The van der Waals surface area contributed by atoms with Crippen LogP contribution >= 0.6 is 0 Å². The fraction of sp³-hybridized carbons (Fsp3) is 0.381. The van der Waals surface area contributed by atoms with Crippen molar-refractivity contribution in [1.29, 1.82) is 0 Å². The van der Waals surface area contributed by atoms with Crippen LogP contribution in [0.1, 0.15) is 18.4 Å². The average molecular weight is 402 g/mol. The molecular formula is C21H27N3O3S. The van der Waals surface area contributed by atoms with Gasteiger partial charge in [0.25, 0.3) is 0 Å². The summed E-state index contributed by atoms with van der Waals surface area (Å²) in [6, 6.07) is 18.5. The third-order valence-electron chi connectivity index (χ3n) is 4.87. The molecular weight excluding hydrogens is 374 g/mol. The van der Waals surface area contributed by atoms with Gasteiger partial charge in [-0.2, -0.15) is 0 Å². The third kappa shape index (κ3) is 5.89. The monoisotopic (exact) mass is 401 g/mol. The molecule has 3 rings (SSSR count). The van der Waals surface area contributed by atoms with Gasteiger partial charge in [0.1, 0.15) is 0 Å². The molecule has 1 N–H and O–H groups in total. The van der Waals surface area contributed by atoms with Crippen LogP contribution in [-0.4, -0.2) is 56.8 Å². The van der Waals surface area contributed by atoms with Crippen molar-refractivity contribution in [2.45, 2.75) is 24.3 Å². The smallest absolute Gasteiger partial charge is 0.240 e. The molecule has 7 heteroatoms. The molecule has 0 aliphatic carbocycles. The first-order valence-corrected chi connectivity index (χ1v) is 11.1. The number of amides is 1. The summed E-state index contributed by atoms with van der Waals surface area (Å²) in [7, 11) is -3.57. The predicted molar refractivity (Wildman–Crippen MR) is 109 cm³/mol. The molecule has 0 spiro atoms. The summed E-state index contributed by atoms with van der Waals surface area (Å²) in [4.78, 5) is 16.9. The first-order chi connectivity index (χ1) is 13.5. The number of nitrogens with one attached hydrogen (secondary N) is 1. The molecule has 1 aliphatic heterocycles. The van der Waals surface area contributed by atoms with Gasteiger partial charge >= 0.3 is 0 Å². The zero-order valence-electron chi connectivity index (χ0n) is 16.0.